The van der Waals surface area contributed by atoms with E-state index in [2.05, 4.69) is 10.2 Å². The molecule has 1 radical (unpaired) electrons. The molecule has 2 nitrogen and oxygen atoms in total. The summed E-state index contributed by atoms with van der Waals surface area (Å²) in [6.45, 7) is 3.03. The van der Waals surface area contributed by atoms with Gasteiger partial charge < -0.3 is 0 Å². The maximum Gasteiger partial charge on any atom is 0.128 e. The molecule has 1 heterocycles. The predicted octanol–water partition coefficient (Wildman–Crippen LogP) is 3.36. The molecule has 0 spiro atoms. The van der Waals surface area contributed by atoms with Crippen LogP contribution >= 0.6 is 0 Å². The third-order valence-electron chi connectivity index (χ3n) is 4.07. The fourth-order valence-corrected chi connectivity index (χ4v) is 3.02. The lowest BCUT2D eigenvalue weighted by Gasteiger charge is -2.31. The van der Waals surface area contributed by atoms with Crippen LogP contribution in [0.15, 0.2) is 48.5 Å². The zero-order valence-corrected chi connectivity index (χ0v) is 12.4. The van der Waals surface area contributed by atoms with Gasteiger partial charge in [0.15, 0.2) is 0 Å². The summed E-state index contributed by atoms with van der Waals surface area (Å²) in [6, 6.07) is 12.9. The van der Waals surface area contributed by atoms with E-state index in [1.54, 1.807) is 36.4 Å². The van der Waals surface area contributed by atoms with Crippen LogP contribution in [-0.4, -0.2) is 31.1 Å². The molecule has 0 amide bonds. The van der Waals surface area contributed by atoms with Gasteiger partial charge in [-0.15, -0.1) is 0 Å². The molecule has 0 aromatic heterocycles. The Morgan fingerprint density at radius 2 is 1.41 bits per heavy atom. The van der Waals surface area contributed by atoms with Crippen molar-refractivity contribution in [1.82, 2.24) is 10.2 Å². The SMILES string of the molecule is Fc1ccccc1C(c1ccccc1F)N1CCC[N]CC1. The minimum absolute atomic E-state index is 0.295. The van der Waals surface area contributed by atoms with Crippen LogP contribution < -0.4 is 5.32 Å². The largest absolute Gasteiger partial charge is 0.291 e. The summed E-state index contributed by atoms with van der Waals surface area (Å²) in [5.74, 6) is -0.589. The van der Waals surface area contributed by atoms with E-state index in [0.29, 0.717) is 24.2 Å². The van der Waals surface area contributed by atoms with Gasteiger partial charge in [0, 0.05) is 37.3 Å². The first-order valence-corrected chi connectivity index (χ1v) is 7.63. The second-order valence-corrected chi connectivity index (χ2v) is 5.51. The lowest BCUT2D eigenvalue weighted by atomic mass is 9.95. The molecule has 1 aliphatic rings. The third-order valence-corrected chi connectivity index (χ3v) is 4.07. The number of hydrogen-bond acceptors (Lipinski definition) is 1. The van der Waals surface area contributed by atoms with Crippen molar-refractivity contribution in [1.29, 1.82) is 0 Å². The zero-order valence-electron chi connectivity index (χ0n) is 12.4. The Hall–Kier alpha value is -1.78. The smallest absolute Gasteiger partial charge is 0.128 e. The molecule has 4 heteroatoms. The van der Waals surface area contributed by atoms with Crippen molar-refractivity contribution in [2.24, 2.45) is 0 Å². The molecule has 0 N–H and O–H groups in total. The molecule has 1 aliphatic heterocycles. The van der Waals surface area contributed by atoms with Gasteiger partial charge in [-0.1, -0.05) is 36.4 Å². The van der Waals surface area contributed by atoms with Crippen molar-refractivity contribution in [2.45, 2.75) is 12.5 Å². The molecule has 1 fully saturated rings. The van der Waals surface area contributed by atoms with Crippen molar-refractivity contribution in [3.05, 3.63) is 71.3 Å². The van der Waals surface area contributed by atoms with E-state index in [1.807, 2.05) is 0 Å². The molecule has 115 valence electrons. The summed E-state index contributed by atoms with van der Waals surface area (Å²) in [4.78, 5) is 2.13. The summed E-state index contributed by atoms with van der Waals surface area (Å²) >= 11 is 0. The van der Waals surface area contributed by atoms with Crippen molar-refractivity contribution in [3.63, 3.8) is 0 Å². The third kappa shape index (κ3) is 3.18. The minimum Gasteiger partial charge on any atom is -0.291 e. The normalized spacial score (nSPS) is 16.7. The van der Waals surface area contributed by atoms with Crippen LogP contribution in [0.3, 0.4) is 0 Å². The highest BCUT2D eigenvalue weighted by Gasteiger charge is 2.27. The van der Waals surface area contributed by atoms with Crippen LogP contribution in [0.1, 0.15) is 23.6 Å². The van der Waals surface area contributed by atoms with Crippen molar-refractivity contribution < 1.29 is 8.78 Å². The molecule has 0 saturated carbocycles. The van der Waals surface area contributed by atoms with Gasteiger partial charge in [0.25, 0.3) is 0 Å². The minimum atomic E-state index is -0.407. The number of halogens is 2. The summed E-state index contributed by atoms with van der Waals surface area (Å²) in [6.07, 6.45) is 0.916. The Kier molecular flexibility index (Phi) is 4.80. The van der Waals surface area contributed by atoms with E-state index in [1.165, 1.54) is 12.1 Å². The van der Waals surface area contributed by atoms with Crippen molar-refractivity contribution in [2.75, 3.05) is 26.2 Å². The molecule has 0 unspecified atom stereocenters. The van der Waals surface area contributed by atoms with E-state index in [9.17, 15) is 8.78 Å². The summed E-state index contributed by atoms with van der Waals surface area (Å²) in [5.41, 5.74) is 1.05. The Labute approximate surface area is 129 Å². The average molecular weight is 301 g/mol. The van der Waals surface area contributed by atoms with E-state index >= 15 is 0 Å². The van der Waals surface area contributed by atoms with Gasteiger partial charge in [-0.05, 0) is 18.6 Å². The highest BCUT2D eigenvalue weighted by Crippen LogP contribution is 2.32. The molecule has 2 aromatic rings. The van der Waals surface area contributed by atoms with Crippen LogP contribution in [0.4, 0.5) is 8.78 Å². The van der Waals surface area contributed by atoms with Crippen LogP contribution in [0.25, 0.3) is 0 Å². The topological polar surface area (TPSA) is 17.3 Å². The van der Waals surface area contributed by atoms with E-state index in [0.717, 1.165) is 19.5 Å². The molecular formula is C18H19F2N2. The van der Waals surface area contributed by atoms with E-state index < -0.39 is 6.04 Å². The fourth-order valence-electron chi connectivity index (χ4n) is 3.02. The maximum atomic E-state index is 14.3. The molecular weight excluding hydrogens is 282 g/mol. The van der Waals surface area contributed by atoms with E-state index in [4.69, 9.17) is 0 Å². The van der Waals surface area contributed by atoms with Gasteiger partial charge in [0.1, 0.15) is 11.6 Å². The Morgan fingerprint density at radius 3 is 2.00 bits per heavy atom. The number of hydrogen-bond donors (Lipinski definition) is 0. The quantitative estimate of drug-likeness (QED) is 0.849. The average Bonchev–Trinajstić information content (AvgIpc) is 2.80. The predicted molar refractivity (Wildman–Crippen MR) is 82.7 cm³/mol. The zero-order chi connectivity index (χ0) is 15.4. The number of nitrogens with zero attached hydrogens (tertiary/aromatic N) is 2. The highest BCUT2D eigenvalue weighted by molar-refractivity contribution is 5.33. The van der Waals surface area contributed by atoms with Crippen LogP contribution in [0.2, 0.25) is 0 Å². The molecule has 0 bridgehead atoms. The summed E-state index contributed by atoms with van der Waals surface area (Å²) in [5, 5.41) is 4.41. The molecule has 3 rings (SSSR count). The fraction of sp³-hybridized carbons (Fsp3) is 0.333. The second-order valence-electron chi connectivity index (χ2n) is 5.51. The Morgan fingerprint density at radius 1 is 0.818 bits per heavy atom. The van der Waals surface area contributed by atoms with Crippen LogP contribution in [0, 0.1) is 11.6 Å². The number of rotatable bonds is 3. The summed E-state index contributed by atoms with van der Waals surface area (Å²) in [7, 11) is 0. The Bertz CT molecular complexity index is 576. The molecule has 0 aliphatic carbocycles. The van der Waals surface area contributed by atoms with Crippen LogP contribution in [0.5, 0.6) is 0 Å². The van der Waals surface area contributed by atoms with Gasteiger partial charge in [-0.25, -0.2) is 14.1 Å². The van der Waals surface area contributed by atoms with Gasteiger partial charge in [-0.2, -0.15) is 0 Å². The lowest BCUT2D eigenvalue weighted by Crippen LogP contribution is -2.33. The molecule has 22 heavy (non-hydrogen) atoms. The second kappa shape index (κ2) is 6.99. The standard InChI is InChI=1S/C18H19F2N2/c19-16-8-3-1-6-14(16)18(15-7-2-4-9-17(15)20)22-12-5-10-21-11-13-22/h1-4,6-9,18H,5,10-13H2. The lowest BCUT2D eigenvalue weighted by molar-refractivity contribution is 0.232. The monoisotopic (exact) mass is 301 g/mol. The van der Waals surface area contributed by atoms with Gasteiger partial charge in [0.2, 0.25) is 0 Å². The number of benzene rings is 2. The Balaban J connectivity index is 2.06. The molecule has 1 saturated heterocycles. The van der Waals surface area contributed by atoms with Gasteiger partial charge in [0.05, 0.1) is 6.04 Å². The van der Waals surface area contributed by atoms with Gasteiger partial charge in [-0.3, -0.25) is 4.90 Å². The highest BCUT2D eigenvalue weighted by atomic mass is 19.1. The molecule has 0 atom stereocenters. The summed E-state index contributed by atoms with van der Waals surface area (Å²) < 4.78 is 28.7. The van der Waals surface area contributed by atoms with E-state index in [-0.39, 0.29) is 11.6 Å². The van der Waals surface area contributed by atoms with Crippen LogP contribution in [-0.2, 0) is 0 Å². The first-order chi connectivity index (χ1) is 10.8. The van der Waals surface area contributed by atoms with Gasteiger partial charge >= 0.3 is 0 Å². The van der Waals surface area contributed by atoms with Crippen molar-refractivity contribution in [3.8, 4) is 0 Å². The molecule has 2 aromatic carbocycles. The van der Waals surface area contributed by atoms with Crippen molar-refractivity contribution >= 4 is 0 Å². The first kappa shape index (κ1) is 15.1. The first-order valence-electron chi connectivity index (χ1n) is 7.63. The maximum absolute atomic E-state index is 14.3.